The van der Waals surface area contributed by atoms with Gasteiger partial charge in [0, 0.05) is 19.0 Å². The van der Waals surface area contributed by atoms with E-state index in [4.69, 9.17) is 4.74 Å². The van der Waals surface area contributed by atoms with Crippen molar-refractivity contribution in [3.63, 3.8) is 0 Å². The molecule has 0 unspecified atom stereocenters. The van der Waals surface area contributed by atoms with E-state index >= 15 is 0 Å². The molecule has 1 fully saturated rings. The molecule has 1 saturated heterocycles. The smallest absolute Gasteiger partial charge is 0.223 e. The number of ether oxygens (including phenoxy) is 1. The van der Waals surface area contributed by atoms with Crippen molar-refractivity contribution in [2.24, 2.45) is 5.92 Å². The van der Waals surface area contributed by atoms with Gasteiger partial charge in [-0.25, -0.2) is 12.7 Å². The Kier molecular flexibility index (Phi) is 6.23. The lowest BCUT2D eigenvalue weighted by Crippen LogP contribution is -2.45. The van der Waals surface area contributed by atoms with Gasteiger partial charge in [0.05, 0.1) is 12.3 Å². The van der Waals surface area contributed by atoms with Crippen LogP contribution in [0.15, 0.2) is 24.3 Å². The summed E-state index contributed by atoms with van der Waals surface area (Å²) in [6, 6.07) is 7.67. The lowest BCUT2D eigenvalue weighted by atomic mass is 9.97. The van der Waals surface area contributed by atoms with Crippen LogP contribution in [-0.4, -0.2) is 50.6 Å². The van der Waals surface area contributed by atoms with Crippen molar-refractivity contribution in [3.8, 4) is 5.75 Å². The number of hydrogen-bond donors (Lipinski definition) is 1. The molecule has 0 aromatic heterocycles. The van der Waals surface area contributed by atoms with Crippen LogP contribution in [-0.2, 0) is 14.8 Å². The number of carbonyl (C=O) groups excluding carboxylic acids is 1. The third-order valence-electron chi connectivity index (χ3n) is 4.20. The molecule has 0 saturated carbocycles. The Labute approximate surface area is 144 Å². The Balaban J connectivity index is 1.75. The molecule has 1 aliphatic rings. The molecule has 1 aliphatic heterocycles. The van der Waals surface area contributed by atoms with Gasteiger partial charge in [0.15, 0.2) is 0 Å². The SMILES string of the molecule is Cc1ccc(OC[C@H](C)NC(=O)C2CCN(S(C)(=O)=O)CC2)cc1. The maximum atomic E-state index is 12.3. The van der Waals surface area contributed by atoms with Gasteiger partial charge < -0.3 is 10.1 Å². The number of carbonyl (C=O) groups is 1. The van der Waals surface area contributed by atoms with Crippen molar-refractivity contribution in [1.82, 2.24) is 9.62 Å². The fourth-order valence-corrected chi connectivity index (χ4v) is 3.58. The highest BCUT2D eigenvalue weighted by atomic mass is 32.2. The van der Waals surface area contributed by atoms with Crippen LogP contribution in [0.2, 0.25) is 0 Å². The average molecular weight is 354 g/mol. The van der Waals surface area contributed by atoms with Gasteiger partial charge in [-0.3, -0.25) is 4.79 Å². The van der Waals surface area contributed by atoms with Crippen molar-refractivity contribution >= 4 is 15.9 Å². The minimum atomic E-state index is -3.16. The molecular weight excluding hydrogens is 328 g/mol. The Morgan fingerprint density at radius 2 is 1.88 bits per heavy atom. The van der Waals surface area contributed by atoms with E-state index in [1.807, 2.05) is 38.1 Å². The summed E-state index contributed by atoms with van der Waals surface area (Å²) in [7, 11) is -3.16. The summed E-state index contributed by atoms with van der Waals surface area (Å²) < 4.78 is 30.1. The third-order valence-corrected chi connectivity index (χ3v) is 5.51. The molecule has 7 heteroatoms. The molecular formula is C17H26N2O4S. The van der Waals surface area contributed by atoms with Crippen molar-refractivity contribution < 1.29 is 17.9 Å². The summed E-state index contributed by atoms with van der Waals surface area (Å²) in [6.45, 7) is 5.13. The van der Waals surface area contributed by atoms with Gasteiger partial charge in [-0.05, 0) is 38.8 Å². The zero-order valence-corrected chi connectivity index (χ0v) is 15.3. The molecule has 0 bridgehead atoms. The Bertz CT molecular complexity index is 650. The number of amides is 1. The highest BCUT2D eigenvalue weighted by molar-refractivity contribution is 7.88. The molecule has 24 heavy (non-hydrogen) atoms. The predicted molar refractivity (Wildman–Crippen MR) is 93.4 cm³/mol. The molecule has 134 valence electrons. The van der Waals surface area contributed by atoms with Crippen molar-refractivity contribution in [1.29, 1.82) is 0 Å². The summed E-state index contributed by atoms with van der Waals surface area (Å²) in [5.74, 6) is 0.621. The molecule has 0 spiro atoms. The second-order valence-corrected chi connectivity index (χ2v) is 8.45. The highest BCUT2D eigenvalue weighted by Crippen LogP contribution is 2.19. The maximum Gasteiger partial charge on any atom is 0.223 e. The predicted octanol–water partition coefficient (Wildman–Crippen LogP) is 1.55. The third kappa shape index (κ3) is 5.49. The molecule has 1 atom stereocenters. The number of hydrogen-bond acceptors (Lipinski definition) is 4. The monoisotopic (exact) mass is 354 g/mol. The van der Waals surface area contributed by atoms with Crippen molar-refractivity contribution in [2.45, 2.75) is 32.7 Å². The van der Waals surface area contributed by atoms with E-state index in [9.17, 15) is 13.2 Å². The summed E-state index contributed by atoms with van der Waals surface area (Å²) >= 11 is 0. The molecule has 1 aromatic carbocycles. The number of piperidine rings is 1. The first-order valence-corrected chi connectivity index (χ1v) is 10.1. The van der Waals surface area contributed by atoms with Crippen LogP contribution in [0.1, 0.15) is 25.3 Å². The standard InChI is InChI=1S/C17H26N2O4S/c1-13-4-6-16(7-5-13)23-12-14(2)18-17(20)15-8-10-19(11-9-15)24(3,21)22/h4-7,14-15H,8-12H2,1-3H3,(H,18,20)/t14-/m0/s1. The van der Waals surface area contributed by atoms with Crippen LogP contribution in [0.4, 0.5) is 0 Å². The van der Waals surface area contributed by atoms with Crippen LogP contribution in [0.25, 0.3) is 0 Å². The molecule has 1 N–H and O–H groups in total. The second-order valence-electron chi connectivity index (χ2n) is 6.47. The van der Waals surface area contributed by atoms with E-state index in [2.05, 4.69) is 5.32 Å². The topological polar surface area (TPSA) is 75.7 Å². The summed E-state index contributed by atoms with van der Waals surface area (Å²) in [5.41, 5.74) is 1.17. The van der Waals surface area contributed by atoms with Gasteiger partial charge >= 0.3 is 0 Å². The van der Waals surface area contributed by atoms with Gasteiger partial charge in [-0.15, -0.1) is 0 Å². The number of aryl methyl sites for hydroxylation is 1. The van der Waals surface area contributed by atoms with Crippen LogP contribution < -0.4 is 10.1 Å². The van der Waals surface area contributed by atoms with Gasteiger partial charge in [-0.2, -0.15) is 0 Å². The van der Waals surface area contributed by atoms with Crippen LogP contribution in [0, 0.1) is 12.8 Å². The summed E-state index contributed by atoms with van der Waals surface area (Å²) in [5, 5.41) is 2.95. The van der Waals surface area contributed by atoms with E-state index in [-0.39, 0.29) is 17.9 Å². The fraction of sp³-hybridized carbons (Fsp3) is 0.588. The largest absolute Gasteiger partial charge is 0.491 e. The summed E-state index contributed by atoms with van der Waals surface area (Å²) in [4.78, 5) is 12.3. The lowest BCUT2D eigenvalue weighted by Gasteiger charge is -2.30. The first-order valence-electron chi connectivity index (χ1n) is 8.20. The average Bonchev–Trinajstić information content (AvgIpc) is 2.53. The molecule has 1 amide bonds. The van der Waals surface area contributed by atoms with Gasteiger partial charge in [0.25, 0.3) is 0 Å². The summed E-state index contributed by atoms with van der Waals surface area (Å²) in [6.07, 6.45) is 2.33. The fourth-order valence-electron chi connectivity index (χ4n) is 2.71. The quantitative estimate of drug-likeness (QED) is 0.841. The molecule has 1 heterocycles. The van der Waals surface area contributed by atoms with Gasteiger partial charge in [0.2, 0.25) is 15.9 Å². The molecule has 1 aromatic rings. The van der Waals surface area contributed by atoms with Crippen LogP contribution in [0.3, 0.4) is 0 Å². The number of nitrogens with zero attached hydrogens (tertiary/aromatic N) is 1. The van der Waals surface area contributed by atoms with Crippen LogP contribution in [0.5, 0.6) is 5.75 Å². The first kappa shape index (κ1) is 18.7. The number of nitrogens with one attached hydrogen (secondary N) is 1. The molecule has 2 rings (SSSR count). The van der Waals surface area contributed by atoms with E-state index in [0.717, 1.165) is 5.75 Å². The highest BCUT2D eigenvalue weighted by Gasteiger charge is 2.29. The second kappa shape index (κ2) is 7.98. The Morgan fingerprint density at radius 3 is 2.42 bits per heavy atom. The maximum absolute atomic E-state index is 12.3. The normalized spacial score (nSPS) is 18.1. The zero-order chi connectivity index (χ0) is 17.7. The van der Waals surface area contributed by atoms with Crippen molar-refractivity contribution in [3.05, 3.63) is 29.8 Å². The minimum absolute atomic E-state index is 0.0249. The van der Waals surface area contributed by atoms with Crippen molar-refractivity contribution in [2.75, 3.05) is 26.0 Å². The minimum Gasteiger partial charge on any atom is -0.491 e. The lowest BCUT2D eigenvalue weighted by molar-refractivity contribution is -0.126. The van der Waals surface area contributed by atoms with Gasteiger partial charge in [0.1, 0.15) is 12.4 Å². The number of benzene rings is 1. The van der Waals surface area contributed by atoms with Crippen LogP contribution >= 0.6 is 0 Å². The zero-order valence-electron chi connectivity index (χ0n) is 14.5. The number of rotatable bonds is 6. The molecule has 0 radical (unpaired) electrons. The van der Waals surface area contributed by atoms with E-state index < -0.39 is 10.0 Å². The molecule has 0 aliphatic carbocycles. The van der Waals surface area contributed by atoms with Gasteiger partial charge in [-0.1, -0.05) is 17.7 Å². The first-order chi connectivity index (χ1) is 11.3. The number of sulfonamides is 1. The van der Waals surface area contributed by atoms with E-state index in [0.29, 0.717) is 32.5 Å². The van der Waals surface area contributed by atoms with E-state index in [1.54, 1.807) is 0 Å². The Hall–Kier alpha value is -1.60. The Morgan fingerprint density at radius 1 is 1.29 bits per heavy atom. The van der Waals surface area contributed by atoms with E-state index in [1.165, 1.54) is 16.1 Å². The molecule has 6 nitrogen and oxygen atoms in total.